The fourth-order valence-corrected chi connectivity index (χ4v) is 3.51. The van der Waals surface area contributed by atoms with Gasteiger partial charge in [-0.1, -0.05) is 58.8 Å². The van der Waals surface area contributed by atoms with E-state index < -0.39 is 0 Å². The van der Waals surface area contributed by atoms with Crippen molar-refractivity contribution in [2.75, 3.05) is 6.54 Å². The first-order valence-corrected chi connectivity index (χ1v) is 8.22. The highest BCUT2D eigenvalue weighted by Gasteiger charge is 2.30. The maximum absolute atomic E-state index is 3.79. The van der Waals surface area contributed by atoms with E-state index in [2.05, 4.69) is 33.0 Å². The smallest absolute Gasteiger partial charge is 0.0130 e. The summed E-state index contributed by atoms with van der Waals surface area (Å²) in [6.45, 7) is 10.8. The minimum Gasteiger partial charge on any atom is -0.312 e. The minimum atomic E-state index is 0.304. The Labute approximate surface area is 115 Å². The summed E-state index contributed by atoms with van der Waals surface area (Å²) in [5.41, 5.74) is 0.837. The molecule has 0 saturated carbocycles. The van der Waals surface area contributed by atoms with Crippen molar-refractivity contribution < 1.29 is 0 Å². The van der Waals surface area contributed by atoms with E-state index in [9.17, 15) is 0 Å². The van der Waals surface area contributed by atoms with Crippen LogP contribution in [0.1, 0.15) is 91.9 Å². The molecule has 0 spiro atoms. The van der Waals surface area contributed by atoms with Gasteiger partial charge in [-0.15, -0.1) is 0 Å². The van der Waals surface area contributed by atoms with Crippen molar-refractivity contribution in [1.82, 2.24) is 5.32 Å². The number of hydrogen-bond donors (Lipinski definition) is 1. The van der Waals surface area contributed by atoms with Gasteiger partial charge in [-0.3, -0.25) is 0 Å². The highest BCUT2D eigenvalue weighted by atomic mass is 14.9. The Morgan fingerprint density at radius 1 is 0.833 bits per heavy atom. The van der Waals surface area contributed by atoms with Crippen LogP contribution in [-0.4, -0.2) is 12.1 Å². The Morgan fingerprint density at radius 3 is 2.00 bits per heavy atom. The molecule has 0 bridgehead atoms. The number of hydrogen-bond acceptors (Lipinski definition) is 1. The van der Waals surface area contributed by atoms with Crippen LogP contribution in [0.25, 0.3) is 0 Å². The zero-order chi connectivity index (χ0) is 13.5. The predicted molar refractivity (Wildman–Crippen MR) is 82.0 cm³/mol. The van der Waals surface area contributed by atoms with Crippen LogP contribution in [0.4, 0.5) is 0 Å². The molecule has 1 atom stereocenters. The Kier molecular flexibility index (Phi) is 6.70. The van der Waals surface area contributed by atoms with Gasteiger partial charge in [0.1, 0.15) is 0 Å². The van der Waals surface area contributed by atoms with Gasteiger partial charge in [0, 0.05) is 5.54 Å². The van der Waals surface area contributed by atoms with Crippen molar-refractivity contribution in [2.45, 2.75) is 97.4 Å². The van der Waals surface area contributed by atoms with E-state index in [1.165, 1.54) is 70.8 Å². The summed E-state index contributed by atoms with van der Waals surface area (Å²) in [6.07, 6.45) is 14.0. The largest absolute Gasteiger partial charge is 0.312 e. The molecule has 1 N–H and O–H groups in total. The molecule has 0 radical (unpaired) electrons. The average Bonchev–Trinajstić information content (AvgIpc) is 2.31. The second kappa shape index (κ2) is 7.53. The summed E-state index contributed by atoms with van der Waals surface area (Å²) in [7, 11) is 0. The molecule has 1 saturated heterocycles. The third-order valence-electron chi connectivity index (χ3n) is 4.78. The van der Waals surface area contributed by atoms with E-state index in [1.807, 2.05) is 0 Å². The molecule has 1 aliphatic rings. The Bertz CT molecular complexity index is 222. The number of rotatable bonds is 1. The van der Waals surface area contributed by atoms with Crippen molar-refractivity contribution >= 4 is 0 Å². The van der Waals surface area contributed by atoms with E-state index in [1.54, 1.807) is 0 Å². The maximum Gasteiger partial charge on any atom is 0.0130 e. The molecule has 1 nitrogen and oxygen atoms in total. The lowest BCUT2D eigenvalue weighted by Gasteiger charge is -2.38. The zero-order valence-corrected chi connectivity index (χ0v) is 13.3. The molecule has 18 heavy (non-hydrogen) atoms. The Hall–Kier alpha value is -0.0400. The molecule has 1 fully saturated rings. The standard InChI is InChI=1S/C17H35N/c1-5-17(4)13-11-9-7-6-8-10-12-14-18-16(2,3)15-17/h18H,5-15H2,1-4H3. The van der Waals surface area contributed by atoms with Crippen molar-refractivity contribution in [2.24, 2.45) is 5.41 Å². The maximum atomic E-state index is 3.79. The molecule has 0 aromatic carbocycles. The third-order valence-corrected chi connectivity index (χ3v) is 4.78. The molecule has 1 heterocycles. The van der Waals surface area contributed by atoms with Gasteiger partial charge in [-0.25, -0.2) is 0 Å². The van der Waals surface area contributed by atoms with E-state index in [-0.39, 0.29) is 0 Å². The van der Waals surface area contributed by atoms with Crippen LogP contribution in [0.2, 0.25) is 0 Å². The molecule has 1 unspecified atom stereocenters. The Morgan fingerprint density at radius 2 is 1.39 bits per heavy atom. The van der Waals surface area contributed by atoms with Crippen molar-refractivity contribution in [3.8, 4) is 0 Å². The SMILES string of the molecule is CCC1(C)CCCCCCCCCNC(C)(C)C1. The van der Waals surface area contributed by atoms with Gasteiger partial charge >= 0.3 is 0 Å². The van der Waals surface area contributed by atoms with Crippen LogP contribution in [0.15, 0.2) is 0 Å². The lowest BCUT2D eigenvalue weighted by atomic mass is 9.73. The van der Waals surface area contributed by atoms with Gasteiger partial charge in [0.15, 0.2) is 0 Å². The lowest BCUT2D eigenvalue weighted by Crippen LogP contribution is -2.43. The van der Waals surface area contributed by atoms with E-state index in [0.29, 0.717) is 11.0 Å². The van der Waals surface area contributed by atoms with Crippen molar-refractivity contribution in [1.29, 1.82) is 0 Å². The van der Waals surface area contributed by atoms with Crippen LogP contribution in [-0.2, 0) is 0 Å². The molecule has 0 amide bonds. The van der Waals surface area contributed by atoms with Crippen LogP contribution < -0.4 is 5.32 Å². The Balaban J connectivity index is 2.57. The second-order valence-electron chi connectivity index (χ2n) is 7.38. The highest BCUT2D eigenvalue weighted by Crippen LogP contribution is 2.37. The monoisotopic (exact) mass is 253 g/mol. The van der Waals surface area contributed by atoms with Crippen molar-refractivity contribution in [3.05, 3.63) is 0 Å². The predicted octanol–water partition coefficient (Wildman–Crippen LogP) is 5.30. The van der Waals surface area contributed by atoms with Crippen LogP contribution in [0, 0.1) is 5.41 Å². The fraction of sp³-hybridized carbons (Fsp3) is 1.00. The number of nitrogens with one attached hydrogen (secondary N) is 1. The summed E-state index contributed by atoms with van der Waals surface area (Å²) < 4.78 is 0. The summed E-state index contributed by atoms with van der Waals surface area (Å²) >= 11 is 0. The van der Waals surface area contributed by atoms with Crippen LogP contribution in [0.5, 0.6) is 0 Å². The molecule has 1 rings (SSSR count). The van der Waals surface area contributed by atoms with Gasteiger partial charge in [-0.05, 0) is 45.1 Å². The van der Waals surface area contributed by atoms with Gasteiger partial charge < -0.3 is 5.32 Å². The molecule has 108 valence electrons. The lowest BCUT2D eigenvalue weighted by molar-refractivity contribution is 0.177. The minimum absolute atomic E-state index is 0.304. The normalized spacial score (nSPS) is 32.0. The first-order valence-electron chi connectivity index (χ1n) is 8.22. The zero-order valence-electron chi connectivity index (χ0n) is 13.3. The molecule has 0 aliphatic carbocycles. The van der Waals surface area contributed by atoms with Crippen LogP contribution in [0.3, 0.4) is 0 Å². The highest BCUT2D eigenvalue weighted by molar-refractivity contribution is 4.87. The summed E-state index contributed by atoms with van der Waals surface area (Å²) in [5.74, 6) is 0. The first-order chi connectivity index (χ1) is 8.47. The quantitative estimate of drug-likeness (QED) is 0.669. The first kappa shape index (κ1) is 16.0. The third kappa shape index (κ3) is 6.22. The average molecular weight is 253 g/mol. The molecule has 1 aliphatic heterocycles. The van der Waals surface area contributed by atoms with Crippen molar-refractivity contribution in [3.63, 3.8) is 0 Å². The van der Waals surface area contributed by atoms with Gasteiger partial charge in [0.05, 0.1) is 0 Å². The molecule has 0 aromatic heterocycles. The van der Waals surface area contributed by atoms with Gasteiger partial charge in [0.2, 0.25) is 0 Å². The molecule has 0 aromatic rings. The molecule has 1 heteroatoms. The van der Waals surface area contributed by atoms with Crippen LogP contribution >= 0.6 is 0 Å². The molecular formula is C17H35N. The summed E-state index contributed by atoms with van der Waals surface area (Å²) in [6, 6.07) is 0. The second-order valence-corrected chi connectivity index (χ2v) is 7.38. The fourth-order valence-electron chi connectivity index (χ4n) is 3.51. The summed E-state index contributed by atoms with van der Waals surface area (Å²) in [4.78, 5) is 0. The molecular weight excluding hydrogens is 218 g/mol. The summed E-state index contributed by atoms with van der Waals surface area (Å²) in [5, 5.41) is 3.79. The van der Waals surface area contributed by atoms with Gasteiger partial charge in [-0.2, -0.15) is 0 Å². The topological polar surface area (TPSA) is 12.0 Å². The van der Waals surface area contributed by atoms with E-state index in [4.69, 9.17) is 0 Å². The van der Waals surface area contributed by atoms with E-state index >= 15 is 0 Å². The van der Waals surface area contributed by atoms with E-state index in [0.717, 1.165) is 0 Å². The van der Waals surface area contributed by atoms with Gasteiger partial charge in [0.25, 0.3) is 0 Å².